The van der Waals surface area contributed by atoms with E-state index in [2.05, 4.69) is 36.4 Å². The second-order valence-corrected chi connectivity index (χ2v) is 10.4. The van der Waals surface area contributed by atoms with Crippen LogP contribution in [0.1, 0.15) is 47.2 Å². The average molecular weight is 505 g/mol. The van der Waals surface area contributed by atoms with E-state index in [0.29, 0.717) is 49.8 Å². The molecular weight excluding hydrogens is 471 g/mol. The van der Waals surface area contributed by atoms with Gasteiger partial charge in [0.1, 0.15) is 5.82 Å². The number of nitrogens with one attached hydrogen (secondary N) is 2. The van der Waals surface area contributed by atoms with Gasteiger partial charge in [-0.15, -0.1) is 0 Å². The van der Waals surface area contributed by atoms with Crippen molar-refractivity contribution in [1.82, 2.24) is 10.3 Å². The highest BCUT2D eigenvalue weighted by molar-refractivity contribution is 6.05. The van der Waals surface area contributed by atoms with Crippen LogP contribution in [0.5, 0.6) is 0 Å². The quantitative estimate of drug-likeness (QED) is 0.490. The Morgan fingerprint density at radius 1 is 1.03 bits per heavy atom. The Morgan fingerprint density at radius 2 is 1.78 bits per heavy atom. The van der Waals surface area contributed by atoms with Gasteiger partial charge in [0.2, 0.25) is 0 Å². The van der Waals surface area contributed by atoms with Gasteiger partial charge in [-0.2, -0.15) is 0 Å². The van der Waals surface area contributed by atoms with Crippen molar-refractivity contribution < 1.29 is 18.7 Å². The summed E-state index contributed by atoms with van der Waals surface area (Å²) in [5.74, 6) is -1.05. The molecule has 1 fully saturated rings. The van der Waals surface area contributed by atoms with E-state index in [9.17, 15) is 14.0 Å². The molecule has 2 aromatic carbocycles. The maximum atomic E-state index is 14.4. The standard InChI is InChI=1S/C29H33FN4O3/c1-19-26(20-6-5-7-21(12-20)27(35)32-18-29(2,3)4)16-24(17-31-19)33-28(36)22-13-23(30)15-25(14-22)34-8-10-37-11-9-34/h5-7,12-17H,8-11,18H2,1-4H3,(H,32,35)(H,33,36). The van der Waals surface area contributed by atoms with Gasteiger partial charge >= 0.3 is 0 Å². The summed E-state index contributed by atoms with van der Waals surface area (Å²) in [6.45, 7) is 11.0. The van der Waals surface area contributed by atoms with Crippen LogP contribution in [0.2, 0.25) is 0 Å². The number of halogens is 1. The highest BCUT2D eigenvalue weighted by Gasteiger charge is 2.17. The SMILES string of the molecule is Cc1ncc(NC(=O)c2cc(F)cc(N3CCOCC3)c2)cc1-c1cccc(C(=O)NCC(C)(C)C)c1. The van der Waals surface area contributed by atoms with Gasteiger partial charge < -0.3 is 20.3 Å². The van der Waals surface area contributed by atoms with Crippen LogP contribution in [0.3, 0.4) is 0 Å². The zero-order chi connectivity index (χ0) is 26.6. The fourth-order valence-corrected chi connectivity index (χ4v) is 4.08. The van der Waals surface area contributed by atoms with Gasteiger partial charge in [0, 0.05) is 47.7 Å². The van der Waals surface area contributed by atoms with Crippen molar-refractivity contribution >= 4 is 23.2 Å². The third-order valence-electron chi connectivity index (χ3n) is 6.08. The number of pyridine rings is 1. The fourth-order valence-electron chi connectivity index (χ4n) is 4.08. The number of anilines is 2. The number of hydrogen-bond donors (Lipinski definition) is 2. The van der Waals surface area contributed by atoms with E-state index in [0.717, 1.165) is 16.8 Å². The minimum Gasteiger partial charge on any atom is -0.378 e. The molecular formula is C29H33FN4O3. The number of amides is 2. The van der Waals surface area contributed by atoms with E-state index in [4.69, 9.17) is 4.74 Å². The third-order valence-corrected chi connectivity index (χ3v) is 6.08. The topological polar surface area (TPSA) is 83.6 Å². The van der Waals surface area contributed by atoms with Crippen LogP contribution >= 0.6 is 0 Å². The third kappa shape index (κ3) is 6.92. The molecule has 3 aromatic rings. The molecule has 2 heterocycles. The van der Waals surface area contributed by atoms with Gasteiger partial charge in [0.25, 0.3) is 11.8 Å². The predicted molar refractivity (Wildman–Crippen MR) is 144 cm³/mol. The largest absolute Gasteiger partial charge is 0.378 e. The van der Waals surface area contributed by atoms with Crippen molar-refractivity contribution in [2.45, 2.75) is 27.7 Å². The maximum absolute atomic E-state index is 14.4. The summed E-state index contributed by atoms with van der Waals surface area (Å²) in [4.78, 5) is 32.1. The van der Waals surface area contributed by atoms with Crippen LogP contribution in [0.4, 0.5) is 15.8 Å². The summed E-state index contributed by atoms with van der Waals surface area (Å²) in [6.07, 6.45) is 1.57. The fraction of sp³-hybridized carbons (Fsp3) is 0.345. The number of aromatic nitrogens is 1. The number of benzene rings is 2. The zero-order valence-corrected chi connectivity index (χ0v) is 21.7. The van der Waals surface area contributed by atoms with Crippen molar-refractivity contribution in [3.05, 3.63) is 77.4 Å². The van der Waals surface area contributed by atoms with Crippen LogP contribution < -0.4 is 15.5 Å². The van der Waals surface area contributed by atoms with E-state index in [1.54, 1.807) is 18.3 Å². The molecule has 1 aliphatic rings. The van der Waals surface area contributed by atoms with Crippen LogP contribution in [0.15, 0.2) is 54.7 Å². The lowest BCUT2D eigenvalue weighted by molar-refractivity contribution is 0.0938. The van der Waals surface area contributed by atoms with Gasteiger partial charge in [-0.25, -0.2) is 4.39 Å². The molecule has 2 amide bonds. The summed E-state index contributed by atoms with van der Waals surface area (Å²) >= 11 is 0. The molecule has 2 N–H and O–H groups in total. The number of nitrogens with zero attached hydrogens (tertiary/aromatic N) is 2. The molecule has 7 nitrogen and oxygen atoms in total. The normalized spacial score (nSPS) is 13.8. The number of carbonyl (C=O) groups excluding carboxylic acids is 2. The van der Waals surface area contributed by atoms with Crippen LogP contribution in [0.25, 0.3) is 11.1 Å². The predicted octanol–water partition coefficient (Wildman–Crippen LogP) is 5.06. The summed E-state index contributed by atoms with van der Waals surface area (Å²) in [7, 11) is 0. The molecule has 8 heteroatoms. The monoisotopic (exact) mass is 504 g/mol. The Hall–Kier alpha value is -3.78. The molecule has 1 aliphatic heterocycles. The Morgan fingerprint density at radius 3 is 2.51 bits per heavy atom. The molecule has 1 saturated heterocycles. The van der Waals surface area contributed by atoms with E-state index in [1.807, 2.05) is 36.1 Å². The minimum atomic E-state index is -0.474. The Kier molecular flexibility index (Phi) is 7.88. The lowest BCUT2D eigenvalue weighted by Crippen LogP contribution is -2.36. The number of morpholine rings is 1. The highest BCUT2D eigenvalue weighted by atomic mass is 19.1. The minimum absolute atomic E-state index is 0.0229. The van der Waals surface area contributed by atoms with Crippen molar-refractivity contribution in [3.63, 3.8) is 0 Å². The van der Waals surface area contributed by atoms with Crippen molar-refractivity contribution in [2.24, 2.45) is 5.41 Å². The molecule has 0 unspecified atom stereocenters. The first-order chi connectivity index (χ1) is 17.6. The Balaban J connectivity index is 1.54. The second-order valence-electron chi connectivity index (χ2n) is 10.4. The lowest BCUT2D eigenvalue weighted by atomic mass is 9.96. The van der Waals surface area contributed by atoms with E-state index >= 15 is 0 Å². The summed E-state index contributed by atoms with van der Waals surface area (Å²) in [6, 6.07) is 13.5. The molecule has 0 aliphatic carbocycles. The first-order valence-electron chi connectivity index (χ1n) is 12.4. The van der Waals surface area contributed by atoms with Crippen LogP contribution in [-0.2, 0) is 4.74 Å². The molecule has 0 bridgehead atoms. The van der Waals surface area contributed by atoms with Crippen molar-refractivity contribution in [3.8, 4) is 11.1 Å². The molecule has 1 aromatic heterocycles. The van der Waals surface area contributed by atoms with Crippen LogP contribution in [0, 0.1) is 18.2 Å². The zero-order valence-electron chi connectivity index (χ0n) is 21.7. The number of ether oxygens (including phenoxy) is 1. The number of rotatable bonds is 6. The lowest BCUT2D eigenvalue weighted by Gasteiger charge is -2.29. The number of hydrogen-bond acceptors (Lipinski definition) is 5. The first kappa shape index (κ1) is 26.3. The van der Waals surface area contributed by atoms with Gasteiger partial charge in [-0.1, -0.05) is 32.9 Å². The molecule has 0 spiro atoms. The van der Waals surface area contributed by atoms with Gasteiger partial charge in [0.05, 0.1) is 25.1 Å². The smallest absolute Gasteiger partial charge is 0.255 e. The highest BCUT2D eigenvalue weighted by Crippen LogP contribution is 2.27. The molecule has 4 rings (SSSR count). The van der Waals surface area contributed by atoms with Gasteiger partial charge in [-0.3, -0.25) is 14.6 Å². The second kappa shape index (κ2) is 11.1. The Labute approximate surface area is 217 Å². The van der Waals surface area contributed by atoms with Crippen LogP contribution in [-0.4, -0.2) is 49.6 Å². The number of carbonyl (C=O) groups is 2. The van der Waals surface area contributed by atoms with Gasteiger partial charge in [0.15, 0.2) is 0 Å². The molecule has 37 heavy (non-hydrogen) atoms. The Bertz CT molecular complexity index is 1300. The first-order valence-corrected chi connectivity index (χ1v) is 12.4. The molecule has 0 atom stereocenters. The molecule has 0 radical (unpaired) electrons. The summed E-state index contributed by atoms with van der Waals surface area (Å²) in [5, 5.41) is 5.80. The molecule has 0 saturated carbocycles. The number of aryl methyl sites for hydroxylation is 1. The summed E-state index contributed by atoms with van der Waals surface area (Å²) < 4.78 is 19.7. The van der Waals surface area contributed by atoms with E-state index < -0.39 is 11.7 Å². The van der Waals surface area contributed by atoms with E-state index in [-0.39, 0.29) is 16.9 Å². The van der Waals surface area contributed by atoms with E-state index in [1.165, 1.54) is 12.1 Å². The van der Waals surface area contributed by atoms with Gasteiger partial charge in [-0.05, 0) is 54.3 Å². The van der Waals surface area contributed by atoms with Crippen molar-refractivity contribution in [2.75, 3.05) is 43.1 Å². The van der Waals surface area contributed by atoms with Crippen molar-refractivity contribution in [1.29, 1.82) is 0 Å². The average Bonchev–Trinajstić information content (AvgIpc) is 2.88. The molecule has 194 valence electrons. The summed E-state index contributed by atoms with van der Waals surface area (Å²) in [5.41, 5.74) is 4.23. The maximum Gasteiger partial charge on any atom is 0.255 e.